The third-order valence-corrected chi connectivity index (χ3v) is 14.0. The zero-order chi connectivity index (χ0) is 52.3. The van der Waals surface area contributed by atoms with Gasteiger partial charge < -0.3 is 20.3 Å². The molecule has 0 aliphatic heterocycles. The monoisotopic (exact) mass is 1010 g/mol. The van der Waals surface area contributed by atoms with Crippen molar-refractivity contribution >= 4 is 11.9 Å². The molecule has 3 unspecified atom stereocenters. The summed E-state index contributed by atoms with van der Waals surface area (Å²) in [6.45, 7) is 6.38. The minimum atomic E-state index is -0.823. The molecule has 1 amide bonds. The molecule has 0 aromatic heterocycles. The van der Waals surface area contributed by atoms with E-state index in [0.717, 1.165) is 70.6 Å². The van der Waals surface area contributed by atoms with Gasteiger partial charge >= 0.3 is 5.97 Å². The highest BCUT2D eigenvalue weighted by Gasteiger charge is 2.23. The summed E-state index contributed by atoms with van der Waals surface area (Å²) in [6, 6.07) is -0.746. The molecular formula is C66H119NO5. The van der Waals surface area contributed by atoms with Crippen molar-refractivity contribution in [3.8, 4) is 0 Å². The normalized spacial score (nSPS) is 13.6. The smallest absolute Gasteiger partial charge is 0.306 e. The van der Waals surface area contributed by atoms with E-state index in [2.05, 4.69) is 86.8 Å². The topological polar surface area (TPSA) is 95.9 Å². The quantitative estimate of drug-likeness (QED) is 0.0320. The predicted molar refractivity (Wildman–Crippen MR) is 315 cm³/mol. The highest BCUT2D eigenvalue weighted by Crippen LogP contribution is 2.18. The van der Waals surface area contributed by atoms with Gasteiger partial charge in [-0.2, -0.15) is 0 Å². The zero-order valence-electron chi connectivity index (χ0n) is 47.8. The first kappa shape index (κ1) is 69.3. The molecule has 0 radical (unpaired) electrons. The Labute approximate surface area is 447 Å². The van der Waals surface area contributed by atoms with Gasteiger partial charge in [-0.15, -0.1) is 0 Å². The molecule has 0 fully saturated rings. The Morgan fingerprint density at radius 1 is 0.417 bits per heavy atom. The van der Waals surface area contributed by atoms with Gasteiger partial charge in [-0.25, -0.2) is 0 Å². The van der Waals surface area contributed by atoms with Crippen molar-refractivity contribution in [2.24, 2.45) is 0 Å². The van der Waals surface area contributed by atoms with Crippen LogP contribution in [-0.2, 0) is 14.3 Å². The van der Waals surface area contributed by atoms with Gasteiger partial charge in [0.1, 0.15) is 6.10 Å². The molecule has 0 spiro atoms. The summed E-state index contributed by atoms with van der Waals surface area (Å²) in [5.41, 5.74) is 0. The van der Waals surface area contributed by atoms with E-state index in [1.165, 1.54) is 193 Å². The molecule has 0 aromatic carbocycles. The molecule has 418 valence electrons. The molecule has 3 atom stereocenters. The van der Waals surface area contributed by atoms with Gasteiger partial charge in [0.25, 0.3) is 0 Å². The summed E-state index contributed by atoms with van der Waals surface area (Å²) in [4.78, 5) is 26.3. The van der Waals surface area contributed by atoms with Crippen molar-refractivity contribution in [2.75, 3.05) is 6.61 Å². The maximum absolute atomic E-state index is 13.3. The van der Waals surface area contributed by atoms with E-state index >= 15 is 0 Å². The first-order chi connectivity index (χ1) is 35.5. The molecule has 0 heterocycles. The van der Waals surface area contributed by atoms with Crippen LogP contribution < -0.4 is 5.32 Å². The number of allylic oxidation sites excluding steroid dienone is 11. The van der Waals surface area contributed by atoms with Crippen LogP contribution in [0.4, 0.5) is 0 Å². The lowest BCUT2D eigenvalue weighted by atomic mass is 10.0. The Morgan fingerprint density at radius 2 is 0.722 bits per heavy atom. The van der Waals surface area contributed by atoms with Crippen molar-refractivity contribution in [2.45, 2.75) is 328 Å². The second-order valence-electron chi connectivity index (χ2n) is 21.1. The molecular weight excluding hydrogens is 887 g/mol. The molecule has 3 N–H and O–H groups in total. The average molecular weight is 1010 g/mol. The summed E-state index contributed by atoms with van der Waals surface area (Å²) < 4.78 is 5.87. The molecule has 0 rings (SSSR count). The van der Waals surface area contributed by atoms with E-state index in [-0.39, 0.29) is 24.9 Å². The van der Waals surface area contributed by atoms with Gasteiger partial charge in [0.2, 0.25) is 5.91 Å². The molecule has 72 heavy (non-hydrogen) atoms. The van der Waals surface area contributed by atoms with Gasteiger partial charge in [0.15, 0.2) is 0 Å². The van der Waals surface area contributed by atoms with E-state index in [1.54, 1.807) is 0 Å². The number of aliphatic hydroxyl groups is 2. The Hall–Kier alpha value is -2.70. The summed E-state index contributed by atoms with van der Waals surface area (Å²) in [5.74, 6) is -0.617. The Bertz CT molecular complexity index is 1310. The number of carbonyl (C=O) groups is 2. The summed E-state index contributed by atoms with van der Waals surface area (Å²) >= 11 is 0. The number of esters is 1. The van der Waals surface area contributed by atoms with E-state index < -0.39 is 18.2 Å². The van der Waals surface area contributed by atoms with Gasteiger partial charge in [-0.1, -0.05) is 312 Å². The maximum atomic E-state index is 13.3. The molecule has 0 saturated carbocycles. The largest absolute Gasteiger partial charge is 0.458 e. The number of nitrogens with one attached hydrogen (secondary N) is 1. The minimum Gasteiger partial charge on any atom is -0.458 e. The summed E-state index contributed by atoms with van der Waals surface area (Å²) in [6.07, 6.45) is 77.3. The second kappa shape index (κ2) is 59.2. The van der Waals surface area contributed by atoms with Crippen LogP contribution in [0.25, 0.3) is 0 Å². The number of hydrogen-bond acceptors (Lipinski definition) is 5. The molecule has 0 saturated heterocycles. The Balaban J connectivity index is 4.64. The minimum absolute atomic E-state index is 0.0462. The Morgan fingerprint density at radius 3 is 1.06 bits per heavy atom. The first-order valence-corrected chi connectivity index (χ1v) is 31.2. The van der Waals surface area contributed by atoms with Crippen LogP contribution in [0.1, 0.15) is 310 Å². The van der Waals surface area contributed by atoms with Crippen LogP contribution in [0.15, 0.2) is 72.9 Å². The Kier molecular flexibility index (Phi) is 57.0. The molecule has 0 aliphatic carbocycles. The van der Waals surface area contributed by atoms with Crippen LogP contribution >= 0.6 is 0 Å². The van der Waals surface area contributed by atoms with Gasteiger partial charge in [-0.05, 0) is 57.4 Å². The zero-order valence-corrected chi connectivity index (χ0v) is 47.8. The number of ether oxygens (including phenoxy) is 1. The lowest BCUT2D eigenvalue weighted by Crippen LogP contribution is -2.46. The van der Waals surface area contributed by atoms with Crippen molar-refractivity contribution in [1.82, 2.24) is 5.32 Å². The number of carbonyl (C=O) groups excluding carboxylic acids is 2. The molecule has 0 bridgehead atoms. The highest BCUT2D eigenvalue weighted by molar-refractivity contribution is 5.78. The number of hydrogen-bond donors (Lipinski definition) is 3. The molecule has 0 aliphatic rings. The van der Waals surface area contributed by atoms with Gasteiger partial charge in [-0.3, -0.25) is 9.59 Å². The van der Waals surface area contributed by atoms with Gasteiger partial charge in [0, 0.05) is 6.42 Å². The summed E-state index contributed by atoms with van der Waals surface area (Å²) in [5, 5.41) is 23.9. The third-order valence-electron chi connectivity index (χ3n) is 14.0. The van der Waals surface area contributed by atoms with Gasteiger partial charge in [0.05, 0.1) is 25.2 Å². The fourth-order valence-electron chi connectivity index (χ4n) is 9.37. The van der Waals surface area contributed by atoms with Crippen LogP contribution in [0.2, 0.25) is 0 Å². The first-order valence-electron chi connectivity index (χ1n) is 31.2. The van der Waals surface area contributed by atoms with Crippen molar-refractivity contribution in [3.63, 3.8) is 0 Å². The molecule has 0 aromatic rings. The van der Waals surface area contributed by atoms with Crippen LogP contribution in [0, 0.1) is 0 Å². The molecule has 6 nitrogen and oxygen atoms in total. The highest BCUT2D eigenvalue weighted by atomic mass is 16.5. The maximum Gasteiger partial charge on any atom is 0.306 e. The second-order valence-corrected chi connectivity index (χ2v) is 21.1. The average Bonchev–Trinajstić information content (AvgIpc) is 3.37. The fraction of sp³-hybridized carbons (Fsp3) is 0.788. The number of aliphatic hydroxyl groups excluding tert-OH is 2. The van der Waals surface area contributed by atoms with Crippen molar-refractivity contribution in [1.29, 1.82) is 0 Å². The number of unbranched alkanes of at least 4 members (excludes halogenated alkanes) is 34. The molecule has 6 heteroatoms. The fourth-order valence-corrected chi connectivity index (χ4v) is 9.37. The SMILES string of the molecule is CC/C=C\C/C=C\C/C=C\C/C=C\C/C=C\C/C=C\C(CC(=O)NC(CO)C(O)CCCCCCCCCCCCCCCCCCC)OC(=O)CCCCCCCCCCCCCCCCCCCCC. The predicted octanol–water partition coefficient (Wildman–Crippen LogP) is 19.7. The number of rotatable bonds is 56. The summed E-state index contributed by atoms with van der Waals surface area (Å²) in [7, 11) is 0. The van der Waals surface area contributed by atoms with Crippen LogP contribution in [0.3, 0.4) is 0 Å². The third kappa shape index (κ3) is 53.6. The van der Waals surface area contributed by atoms with Crippen LogP contribution in [-0.4, -0.2) is 46.9 Å². The number of amides is 1. The van der Waals surface area contributed by atoms with E-state index in [4.69, 9.17) is 4.74 Å². The van der Waals surface area contributed by atoms with E-state index in [9.17, 15) is 19.8 Å². The standard InChI is InChI=1S/C66H119NO5/c1-4-7-10-13-16-19-22-25-28-31-32-35-38-41-44-47-50-53-56-59-66(71)72-62(57-54-51-48-45-42-39-36-33-29-26-23-20-17-14-11-8-5-2)60-65(70)67-63(61-68)64(69)58-55-52-49-46-43-40-37-34-30-27-24-21-18-15-12-9-6-3/h8,11,17,20,26,29,36,39,45,48,54,57,62-64,68-69H,4-7,9-10,12-16,18-19,21-25,27-28,30-35,37-38,40-44,46-47,49-53,55-56,58-61H2,1-3H3,(H,67,70)/b11-8-,20-17-,29-26-,39-36-,48-45-,57-54-. The lowest BCUT2D eigenvalue weighted by molar-refractivity contribution is -0.148. The lowest BCUT2D eigenvalue weighted by Gasteiger charge is -2.23. The van der Waals surface area contributed by atoms with E-state index in [0.29, 0.717) is 19.3 Å². The van der Waals surface area contributed by atoms with Crippen LogP contribution in [0.5, 0.6) is 0 Å². The van der Waals surface area contributed by atoms with Crippen molar-refractivity contribution in [3.05, 3.63) is 72.9 Å². The van der Waals surface area contributed by atoms with E-state index in [1.807, 2.05) is 12.2 Å². The van der Waals surface area contributed by atoms with Crippen molar-refractivity contribution < 1.29 is 24.5 Å².